The number of nitrogens with zero attached hydrogens (tertiary/aromatic N) is 2. The molecule has 0 aliphatic carbocycles. The molecule has 6 heterocycles. The third-order valence-electron chi connectivity index (χ3n) is 1.23. The van der Waals surface area contributed by atoms with Gasteiger partial charge in [-0.3, -0.25) is 0 Å². The van der Waals surface area contributed by atoms with Gasteiger partial charge in [0.15, 0.2) is 0 Å². The molecule has 0 atom stereocenters. The van der Waals surface area contributed by atoms with Gasteiger partial charge in [-0.15, -0.1) is 0 Å². The predicted molar refractivity (Wildman–Crippen MR) is 32.7 cm³/mol. The molecule has 11 heavy (non-hydrogen) atoms. The van der Waals surface area contributed by atoms with Crippen molar-refractivity contribution >= 4 is 17.2 Å². The molecule has 9 heteroatoms. The highest BCUT2D eigenvalue weighted by Gasteiger charge is 2.46. The molecule has 0 unspecified atom stereocenters. The molecule has 6 saturated heterocycles. The van der Waals surface area contributed by atoms with Crippen LogP contribution in [0.15, 0.2) is 0 Å². The van der Waals surface area contributed by atoms with Crippen LogP contribution < -0.4 is 0 Å². The second-order valence-corrected chi connectivity index (χ2v) is 4.17. The minimum absolute atomic E-state index is 0.589. The quantitative estimate of drug-likeness (QED) is 0.534. The van der Waals surface area contributed by atoms with Gasteiger partial charge in [0, 0.05) is 0 Å². The number of hydrogen-bond acceptors (Lipinski definition) is 7. The Morgan fingerprint density at radius 3 is 1.73 bits per heavy atom. The van der Waals surface area contributed by atoms with Crippen molar-refractivity contribution < 1.29 is 22.8 Å². The second-order valence-electron chi connectivity index (χ2n) is 1.97. The van der Waals surface area contributed by atoms with Crippen molar-refractivity contribution in [2.75, 3.05) is 13.1 Å². The molecular weight excluding hydrogens is 194 g/mol. The summed E-state index contributed by atoms with van der Waals surface area (Å²) in [4.78, 5) is 0. The molecule has 0 aromatic carbocycles. The molecule has 7 nitrogen and oxygen atoms in total. The lowest BCUT2D eigenvalue weighted by Crippen LogP contribution is -2.37. The number of hydrogen-bond donors (Lipinski definition) is 0. The first-order valence-corrected chi connectivity index (χ1v) is 5.15. The smallest absolute Gasteiger partial charge is 0.233 e. The van der Waals surface area contributed by atoms with Gasteiger partial charge in [0.2, 0.25) is 0 Å². The summed E-state index contributed by atoms with van der Waals surface area (Å²) in [6, 6.07) is 0. The number of hydroxylamine groups is 4. The van der Waals surface area contributed by atoms with Crippen molar-refractivity contribution in [2.45, 2.75) is 0 Å². The first kappa shape index (κ1) is 7.03. The van der Waals surface area contributed by atoms with Crippen LogP contribution in [-0.4, -0.2) is 23.5 Å². The Hall–Kier alpha value is 0.580. The SMILES string of the molecule is C1CN2OP(O2)OP2ON1O2. The summed E-state index contributed by atoms with van der Waals surface area (Å²) in [6.07, 6.45) is 0. The molecule has 0 spiro atoms. The fourth-order valence-electron chi connectivity index (χ4n) is 0.750. The normalized spacial score (nSPS) is 54.5. The van der Waals surface area contributed by atoms with Crippen LogP contribution in [0, 0.1) is 0 Å². The summed E-state index contributed by atoms with van der Waals surface area (Å²) in [5, 5.41) is 2.71. The molecule has 6 aliphatic heterocycles. The van der Waals surface area contributed by atoms with E-state index in [0.717, 1.165) is 0 Å². The van der Waals surface area contributed by atoms with E-state index in [-0.39, 0.29) is 0 Å². The highest BCUT2D eigenvalue weighted by atomic mass is 31.2. The summed E-state index contributed by atoms with van der Waals surface area (Å²) in [7, 11) is -2.46. The zero-order chi connectivity index (χ0) is 7.26. The van der Waals surface area contributed by atoms with Crippen molar-refractivity contribution in [3.05, 3.63) is 0 Å². The van der Waals surface area contributed by atoms with E-state index in [1.807, 2.05) is 0 Å². The molecule has 0 saturated carbocycles. The van der Waals surface area contributed by atoms with Crippen LogP contribution in [-0.2, 0) is 22.8 Å². The van der Waals surface area contributed by atoms with Gasteiger partial charge in [-0.1, -0.05) is 0 Å². The zero-order valence-electron chi connectivity index (χ0n) is 5.24. The van der Waals surface area contributed by atoms with E-state index >= 15 is 0 Å². The summed E-state index contributed by atoms with van der Waals surface area (Å²) in [5.74, 6) is 0. The molecule has 6 rings (SSSR count). The molecule has 0 aromatic rings. The Bertz CT molecular complexity index is 152. The van der Waals surface area contributed by atoms with Crippen LogP contribution in [0.25, 0.3) is 0 Å². The summed E-state index contributed by atoms with van der Waals surface area (Å²) in [6.45, 7) is 1.18. The fourth-order valence-corrected chi connectivity index (χ4v) is 2.61. The first-order chi connectivity index (χ1) is 5.40. The molecule has 0 N–H and O–H groups in total. The standard InChI is InChI=1S/C2H4N2O5P2/c1-2-4-7-11(8-4)9-10-5-3(1)6-10/h1-2H2. The van der Waals surface area contributed by atoms with Gasteiger partial charge in [0.25, 0.3) is 0 Å². The highest BCUT2D eigenvalue weighted by molar-refractivity contribution is 7.56. The van der Waals surface area contributed by atoms with Gasteiger partial charge in [0.05, 0.1) is 13.1 Å². The number of rotatable bonds is 0. The fraction of sp³-hybridized carbons (Fsp3) is 1.00. The molecular formula is C2H4N2O5P2. The Morgan fingerprint density at radius 2 is 1.27 bits per heavy atom. The molecule has 0 aromatic heterocycles. The lowest BCUT2D eigenvalue weighted by atomic mass is 10.7. The van der Waals surface area contributed by atoms with Crippen LogP contribution in [0.5, 0.6) is 0 Å². The van der Waals surface area contributed by atoms with E-state index in [1.54, 1.807) is 0 Å². The Labute approximate surface area is 64.5 Å². The minimum atomic E-state index is -1.23. The van der Waals surface area contributed by atoms with E-state index in [0.29, 0.717) is 13.1 Å². The van der Waals surface area contributed by atoms with E-state index < -0.39 is 17.2 Å². The monoisotopic (exact) mass is 198 g/mol. The Balaban J connectivity index is 1.69. The average molecular weight is 198 g/mol. The zero-order valence-corrected chi connectivity index (χ0v) is 7.03. The largest absolute Gasteiger partial charge is 0.380 e. The Morgan fingerprint density at radius 1 is 0.818 bits per heavy atom. The van der Waals surface area contributed by atoms with Crippen molar-refractivity contribution in [3.8, 4) is 0 Å². The van der Waals surface area contributed by atoms with Gasteiger partial charge >= 0.3 is 17.2 Å². The van der Waals surface area contributed by atoms with E-state index in [9.17, 15) is 0 Å². The molecule has 62 valence electrons. The lowest BCUT2D eigenvalue weighted by Gasteiger charge is -2.33. The van der Waals surface area contributed by atoms with Crippen LogP contribution in [0.3, 0.4) is 0 Å². The third kappa shape index (κ3) is 1.19. The highest BCUT2D eigenvalue weighted by Crippen LogP contribution is 2.66. The molecule has 4 bridgehead atoms. The summed E-state index contributed by atoms with van der Waals surface area (Å²) >= 11 is 0. The molecule has 6 fully saturated rings. The molecule has 0 radical (unpaired) electrons. The van der Waals surface area contributed by atoms with Gasteiger partial charge in [-0.25, -0.2) is 4.31 Å². The van der Waals surface area contributed by atoms with Crippen LogP contribution in [0.2, 0.25) is 0 Å². The molecule has 6 aliphatic rings. The lowest BCUT2D eigenvalue weighted by molar-refractivity contribution is -0.353. The average Bonchev–Trinajstić information content (AvgIpc) is 1.97. The second kappa shape index (κ2) is 2.53. The van der Waals surface area contributed by atoms with E-state index in [1.165, 1.54) is 10.5 Å². The topological polar surface area (TPSA) is 52.6 Å². The van der Waals surface area contributed by atoms with Crippen molar-refractivity contribution in [1.82, 2.24) is 10.5 Å². The van der Waals surface area contributed by atoms with Gasteiger partial charge in [-0.05, 0) is 10.5 Å². The maximum Gasteiger partial charge on any atom is 0.380 e. The Kier molecular flexibility index (Phi) is 1.62. The maximum atomic E-state index is 5.06. The van der Waals surface area contributed by atoms with E-state index in [4.69, 9.17) is 22.8 Å². The third-order valence-corrected chi connectivity index (χ3v) is 3.56. The van der Waals surface area contributed by atoms with Crippen LogP contribution >= 0.6 is 17.2 Å². The van der Waals surface area contributed by atoms with E-state index in [2.05, 4.69) is 0 Å². The summed E-state index contributed by atoms with van der Waals surface area (Å²) < 4.78 is 25.2. The van der Waals surface area contributed by atoms with Crippen LogP contribution in [0.1, 0.15) is 0 Å². The maximum absolute atomic E-state index is 5.06. The van der Waals surface area contributed by atoms with Crippen molar-refractivity contribution in [2.24, 2.45) is 0 Å². The van der Waals surface area contributed by atoms with Gasteiger partial charge in [0.1, 0.15) is 0 Å². The van der Waals surface area contributed by atoms with Gasteiger partial charge in [-0.2, -0.15) is 18.5 Å². The van der Waals surface area contributed by atoms with Gasteiger partial charge < -0.3 is 0 Å². The summed E-state index contributed by atoms with van der Waals surface area (Å²) in [5.41, 5.74) is 0. The molecule has 0 amide bonds. The first-order valence-electron chi connectivity index (χ1n) is 2.96. The van der Waals surface area contributed by atoms with Crippen molar-refractivity contribution in [3.63, 3.8) is 0 Å². The predicted octanol–water partition coefficient (Wildman–Crippen LogP) is 0.828. The van der Waals surface area contributed by atoms with Crippen LogP contribution in [0.4, 0.5) is 0 Å². The minimum Gasteiger partial charge on any atom is -0.233 e. The van der Waals surface area contributed by atoms with Crippen molar-refractivity contribution in [1.29, 1.82) is 0 Å².